The highest BCUT2D eigenvalue weighted by molar-refractivity contribution is 6.11. The summed E-state index contributed by atoms with van der Waals surface area (Å²) in [5, 5.41) is 1.40. The zero-order valence-electron chi connectivity index (χ0n) is 16.4. The van der Waals surface area contributed by atoms with Crippen LogP contribution in [-0.2, 0) is 25.9 Å². The van der Waals surface area contributed by atoms with Crippen molar-refractivity contribution < 1.29 is 0 Å². The second kappa shape index (κ2) is 7.36. The van der Waals surface area contributed by atoms with Gasteiger partial charge in [0.15, 0.2) is 0 Å². The van der Waals surface area contributed by atoms with Gasteiger partial charge in [0.2, 0.25) is 0 Å². The SMILES string of the molecule is CN1CCc2c(c3cc(C4=CCCN=C4)ccc3n2CCc2ccccn2)C1. The van der Waals surface area contributed by atoms with Crippen molar-refractivity contribution in [3.63, 3.8) is 0 Å². The molecular formula is C24H26N4. The quantitative estimate of drug-likeness (QED) is 0.692. The van der Waals surface area contributed by atoms with Gasteiger partial charge in [0.05, 0.1) is 0 Å². The lowest BCUT2D eigenvalue weighted by atomic mass is 9.99. The average molecular weight is 371 g/mol. The summed E-state index contributed by atoms with van der Waals surface area (Å²) < 4.78 is 2.54. The molecule has 0 fully saturated rings. The standard InChI is InChI=1S/C24H26N4/c1-27-13-10-24-22(17-27)21-15-18(19-5-4-11-25-16-19)7-8-23(21)28(24)14-9-20-6-2-3-12-26-20/h2-3,5-8,12,15-16H,4,9-11,13-14,17H2,1H3. The summed E-state index contributed by atoms with van der Waals surface area (Å²) in [7, 11) is 2.22. The fourth-order valence-electron chi connectivity index (χ4n) is 4.49. The fraction of sp³-hybridized carbons (Fsp3) is 0.333. The number of benzene rings is 1. The van der Waals surface area contributed by atoms with E-state index >= 15 is 0 Å². The molecule has 2 aromatic heterocycles. The Morgan fingerprint density at radius 3 is 2.93 bits per heavy atom. The van der Waals surface area contributed by atoms with E-state index in [9.17, 15) is 0 Å². The average Bonchev–Trinajstić information content (AvgIpc) is 3.06. The summed E-state index contributed by atoms with van der Waals surface area (Å²) in [5.74, 6) is 0. The molecule has 4 heteroatoms. The zero-order valence-corrected chi connectivity index (χ0v) is 16.4. The summed E-state index contributed by atoms with van der Waals surface area (Å²) in [6, 6.07) is 13.1. The number of likely N-dealkylation sites (N-methyl/N-ethyl adjacent to an activating group) is 1. The Hall–Kier alpha value is -2.72. The minimum Gasteiger partial charge on any atom is -0.344 e. The molecule has 3 aromatic rings. The van der Waals surface area contributed by atoms with E-state index in [2.05, 4.69) is 62.9 Å². The molecule has 142 valence electrons. The third-order valence-corrected chi connectivity index (χ3v) is 5.95. The lowest BCUT2D eigenvalue weighted by Gasteiger charge is -2.24. The number of aliphatic imine (C=N–C) groups is 1. The monoisotopic (exact) mass is 370 g/mol. The molecule has 1 aromatic carbocycles. The van der Waals surface area contributed by atoms with Crippen LogP contribution in [0.5, 0.6) is 0 Å². The molecule has 0 amide bonds. The van der Waals surface area contributed by atoms with Crippen molar-refractivity contribution in [2.45, 2.75) is 32.4 Å². The molecule has 0 saturated carbocycles. The summed E-state index contributed by atoms with van der Waals surface area (Å²) in [6.07, 6.45) is 9.34. The Kier molecular flexibility index (Phi) is 4.57. The third kappa shape index (κ3) is 3.18. The third-order valence-electron chi connectivity index (χ3n) is 5.95. The van der Waals surface area contributed by atoms with Crippen molar-refractivity contribution in [2.75, 3.05) is 20.1 Å². The summed E-state index contributed by atoms with van der Waals surface area (Å²) in [6.45, 7) is 4.04. The van der Waals surface area contributed by atoms with Crippen LogP contribution in [0.4, 0.5) is 0 Å². The number of hydrogen-bond donors (Lipinski definition) is 0. The van der Waals surface area contributed by atoms with Crippen LogP contribution in [-0.4, -0.2) is 40.8 Å². The largest absolute Gasteiger partial charge is 0.344 e. The Morgan fingerprint density at radius 1 is 1.14 bits per heavy atom. The van der Waals surface area contributed by atoms with Crippen LogP contribution >= 0.6 is 0 Å². The number of dihydropyridines is 1. The molecule has 2 aliphatic heterocycles. The zero-order chi connectivity index (χ0) is 18.9. The van der Waals surface area contributed by atoms with Gasteiger partial charge in [-0.25, -0.2) is 0 Å². The van der Waals surface area contributed by atoms with Crippen LogP contribution < -0.4 is 0 Å². The van der Waals surface area contributed by atoms with E-state index in [-0.39, 0.29) is 0 Å². The number of pyridine rings is 1. The number of fused-ring (bicyclic) bond motifs is 3. The van der Waals surface area contributed by atoms with Gasteiger partial charge in [-0.15, -0.1) is 0 Å². The second-order valence-electron chi connectivity index (χ2n) is 7.85. The van der Waals surface area contributed by atoms with Gasteiger partial charge >= 0.3 is 0 Å². The topological polar surface area (TPSA) is 33.4 Å². The van der Waals surface area contributed by atoms with E-state index in [1.54, 1.807) is 0 Å². The Labute approximate surface area is 166 Å². The number of rotatable bonds is 4. The highest BCUT2D eigenvalue weighted by Crippen LogP contribution is 2.33. The molecule has 0 atom stereocenters. The Balaban J connectivity index is 1.57. The number of aryl methyl sites for hydroxylation is 2. The molecule has 4 nitrogen and oxygen atoms in total. The van der Waals surface area contributed by atoms with Crippen molar-refractivity contribution in [1.29, 1.82) is 0 Å². The van der Waals surface area contributed by atoms with E-state index in [4.69, 9.17) is 0 Å². The molecule has 0 spiro atoms. The van der Waals surface area contributed by atoms with Crippen molar-refractivity contribution >= 4 is 22.7 Å². The van der Waals surface area contributed by atoms with Gasteiger partial charge in [-0.1, -0.05) is 18.2 Å². The molecule has 5 rings (SSSR count). The van der Waals surface area contributed by atoms with Gasteiger partial charge in [-0.2, -0.15) is 0 Å². The molecule has 28 heavy (non-hydrogen) atoms. The van der Waals surface area contributed by atoms with Crippen LogP contribution in [0.15, 0.2) is 53.7 Å². The molecular weight excluding hydrogens is 344 g/mol. The first-order valence-corrected chi connectivity index (χ1v) is 10.2. The predicted molar refractivity (Wildman–Crippen MR) is 116 cm³/mol. The van der Waals surface area contributed by atoms with E-state index in [1.807, 2.05) is 18.5 Å². The van der Waals surface area contributed by atoms with E-state index in [0.717, 1.165) is 51.1 Å². The van der Waals surface area contributed by atoms with Crippen LogP contribution in [0.25, 0.3) is 16.5 Å². The van der Waals surface area contributed by atoms with Crippen molar-refractivity contribution in [3.8, 4) is 0 Å². The molecule has 0 bridgehead atoms. The van der Waals surface area contributed by atoms with Gasteiger partial charge in [0, 0.05) is 73.7 Å². The molecule has 4 heterocycles. The van der Waals surface area contributed by atoms with E-state index in [1.165, 1.54) is 33.3 Å². The Bertz CT molecular complexity index is 1060. The van der Waals surface area contributed by atoms with E-state index in [0.29, 0.717) is 0 Å². The molecule has 0 N–H and O–H groups in total. The maximum Gasteiger partial charge on any atom is 0.0486 e. The van der Waals surface area contributed by atoms with Crippen molar-refractivity contribution in [2.24, 2.45) is 4.99 Å². The highest BCUT2D eigenvalue weighted by atomic mass is 15.1. The van der Waals surface area contributed by atoms with Crippen LogP contribution in [0.2, 0.25) is 0 Å². The normalized spacial score (nSPS) is 17.0. The maximum atomic E-state index is 4.51. The minimum absolute atomic E-state index is 0.913. The van der Waals surface area contributed by atoms with Crippen LogP contribution in [0, 0.1) is 0 Å². The van der Waals surface area contributed by atoms with Gasteiger partial charge < -0.3 is 9.47 Å². The summed E-state index contributed by atoms with van der Waals surface area (Å²) >= 11 is 0. The van der Waals surface area contributed by atoms with Gasteiger partial charge in [-0.3, -0.25) is 9.98 Å². The highest BCUT2D eigenvalue weighted by Gasteiger charge is 2.22. The molecule has 0 radical (unpaired) electrons. The minimum atomic E-state index is 0.913. The second-order valence-corrected chi connectivity index (χ2v) is 7.85. The predicted octanol–water partition coefficient (Wildman–Crippen LogP) is 4.12. The fourth-order valence-corrected chi connectivity index (χ4v) is 4.49. The lowest BCUT2D eigenvalue weighted by Crippen LogP contribution is -2.27. The maximum absolute atomic E-state index is 4.51. The summed E-state index contributed by atoms with van der Waals surface area (Å²) in [4.78, 5) is 11.4. The number of hydrogen-bond acceptors (Lipinski definition) is 3. The first kappa shape index (κ1) is 17.4. The van der Waals surface area contributed by atoms with Crippen LogP contribution in [0.3, 0.4) is 0 Å². The van der Waals surface area contributed by atoms with Gasteiger partial charge in [0.25, 0.3) is 0 Å². The van der Waals surface area contributed by atoms with Crippen LogP contribution in [0.1, 0.15) is 28.9 Å². The van der Waals surface area contributed by atoms with E-state index < -0.39 is 0 Å². The van der Waals surface area contributed by atoms with Gasteiger partial charge in [-0.05, 0) is 54.4 Å². The van der Waals surface area contributed by atoms with Gasteiger partial charge in [0.1, 0.15) is 0 Å². The molecule has 0 saturated heterocycles. The first-order chi connectivity index (χ1) is 13.8. The van der Waals surface area contributed by atoms with Crippen molar-refractivity contribution in [1.82, 2.24) is 14.5 Å². The summed E-state index contributed by atoms with van der Waals surface area (Å²) in [5.41, 5.74) is 8.06. The smallest absolute Gasteiger partial charge is 0.0486 e. The molecule has 2 aliphatic rings. The lowest BCUT2D eigenvalue weighted by molar-refractivity contribution is 0.309. The molecule has 0 aliphatic carbocycles. The number of allylic oxidation sites excluding steroid dienone is 1. The first-order valence-electron chi connectivity index (χ1n) is 10.2. The number of nitrogens with zero attached hydrogens (tertiary/aromatic N) is 4. The number of aromatic nitrogens is 2. The molecule has 0 unspecified atom stereocenters. The Morgan fingerprint density at radius 2 is 2.11 bits per heavy atom. The van der Waals surface area contributed by atoms with Crippen molar-refractivity contribution in [3.05, 3.63) is 71.2 Å².